The first-order chi connectivity index (χ1) is 11.6. The van der Waals surface area contributed by atoms with E-state index in [0.29, 0.717) is 11.3 Å². The molecule has 3 rings (SSSR count). The Labute approximate surface area is 148 Å². The minimum absolute atomic E-state index is 0.283. The van der Waals surface area contributed by atoms with E-state index in [4.69, 9.17) is 0 Å². The average Bonchev–Trinajstić information content (AvgIpc) is 3.10. The molecular formula is C19H15BrN2O2. The Balaban J connectivity index is 1.59. The van der Waals surface area contributed by atoms with Crippen LogP contribution in [0.3, 0.4) is 0 Å². The van der Waals surface area contributed by atoms with Crippen LogP contribution in [0.25, 0.3) is 0 Å². The molecule has 0 aromatic heterocycles. The molecular weight excluding hydrogens is 368 g/mol. The molecule has 0 atom stereocenters. The van der Waals surface area contributed by atoms with Crippen molar-refractivity contribution >= 4 is 33.6 Å². The summed E-state index contributed by atoms with van der Waals surface area (Å²) in [6, 6.07) is 13.8. The summed E-state index contributed by atoms with van der Waals surface area (Å²) in [5.74, 6) is -0.169. The van der Waals surface area contributed by atoms with E-state index in [1.807, 2.05) is 42.5 Å². The van der Waals surface area contributed by atoms with Crippen LogP contribution in [0, 0.1) is 0 Å². The minimum atomic E-state index is -0.562. The predicted octanol–water partition coefficient (Wildman–Crippen LogP) is 4.62. The number of halogens is 1. The first-order valence-electron chi connectivity index (χ1n) is 7.45. The van der Waals surface area contributed by atoms with Crippen molar-refractivity contribution in [3.8, 4) is 0 Å². The van der Waals surface area contributed by atoms with Gasteiger partial charge in [0.05, 0.1) is 0 Å². The molecule has 0 aliphatic heterocycles. The molecule has 0 saturated heterocycles. The van der Waals surface area contributed by atoms with Crippen LogP contribution in [0.1, 0.15) is 21.8 Å². The maximum Gasteiger partial charge on any atom is 0.326 e. The Kier molecular flexibility index (Phi) is 4.91. The average molecular weight is 383 g/mol. The fourth-order valence-electron chi connectivity index (χ4n) is 2.41. The highest BCUT2D eigenvalue weighted by atomic mass is 79.9. The van der Waals surface area contributed by atoms with E-state index in [9.17, 15) is 9.59 Å². The number of urea groups is 1. The molecule has 0 radical (unpaired) electrons. The second-order valence-electron chi connectivity index (χ2n) is 5.34. The molecule has 120 valence electrons. The fraction of sp³-hybridized carbons (Fsp3) is 0.0526. The van der Waals surface area contributed by atoms with Gasteiger partial charge >= 0.3 is 6.03 Å². The lowest BCUT2D eigenvalue weighted by Gasteiger charge is -2.09. The zero-order valence-electron chi connectivity index (χ0n) is 12.7. The molecule has 1 aliphatic carbocycles. The van der Waals surface area contributed by atoms with Crippen LogP contribution in [0.15, 0.2) is 77.3 Å². The number of imide groups is 1. The van der Waals surface area contributed by atoms with Crippen LogP contribution in [-0.2, 0) is 0 Å². The molecule has 0 unspecified atom stereocenters. The van der Waals surface area contributed by atoms with Crippen molar-refractivity contribution in [1.29, 1.82) is 0 Å². The zero-order chi connectivity index (χ0) is 16.9. The summed E-state index contributed by atoms with van der Waals surface area (Å²) < 4.78 is 0.779. The van der Waals surface area contributed by atoms with Gasteiger partial charge in [-0.15, -0.1) is 0 Å². The summed E-state index contributed by atoms with van der Waals surface area (Å²) in [6.07, 6.45) is 8.23. The molecule has 0 heterocycles. The molecule has 4 nitrogen and oxygen atoms in total. The third-order valence-electron chi connectivity index (χ3n) is 3.62. The zero-order valence-corrected chi connectivity index (χ0v) is 14.3. The maximum absolute atomic E-state index is 12.0. The van der Waals surface area contributed by atoms with Gasteiger partial charge in [-0.2, -0.15) is 0 Å². The standard InChI is InChI=1S/C19H15BrN2O2/c20-16-7-3-6-15(12-16)18(23)22-19(24)21-17-10-8-14(9-11-17)13-4-1-2-5-13/h1-13H,(H2,21,22,23,24). The van der Waals surface area contributed by atoms with Gasteiger partial charge in [0.1, 0.15) is 0 Å². The molecule has 0 bridgehead atoms. The number of benzene rings is 2. The number of allylic oxidation sites excluding steroid dienone is 4. The van der Waals surface area contributed by atoms with Crippen LogP contribution in [0.5, 0.6) is 0 Å². The minimum Gasteiger partial charge on any atom is -0.308 e. The van der Waals surface area contributed by atoms with Crippen molar-refractivity contribution in [2.75, 3.05) is 5.32 Å². The Morgan fingerprint density at radius 1 is 0.958 bits per heavy atom. The summed E-state index contributed by atoms with van der Waals surface area (Å²) in [5, 5.41) is 4.97. The van der Waals surface area contributed by atoms with Gasteiger partial charge in [-0.3, -0.25) is 10.1 Å². The van der Waals surface area contributed by atoms with Gasteiger partial charge in [0.15, 0.2) is 0 Å². The van der Waals surface area contributed by atoms with Crippen molar-refractivity contribution in [2.45, 2.75) is 5.92 Å². The second kappa shape index (κ2) is 7.27. The van der Waals surface area contributed by atoms with Crippen molar-refractivity contribution < 1.29 is 9.59 Å². The fourth-order valence-corrected chi connectivity index (χ4v) is 2.81. The predicted molar refractivity (Wildman–Crippen MR) is 98.1 cm³/mol. The number of hydrogen-bond acceptors (Lipinski definition) is 2. The third kappa shape index (κ3) is 4.00. The first kappa shape index (κ1) is 16.2. The second-order valence-corrected chi connectivity index (χ2v) is 6.25. The van der Waals surface area contributed by atoms with Crippen LogP contribution < -0.4 is 10.6 Å². The van der Waals surface area contributed by atoms with Crippen molar-refractivity contribution in [1.82, 2.24) is 5.32 Å². The molecule has 0 spiro atoms. The van der Waals surface area contributed by atoms with Gasteiger partial charge in [0.2, 0.25) is 0 Å². The Morgan fingerprint density at radius 2 is 1.67 bits per heavy atom. The monoisotopic (exact) mass is 382 g/mol. The highest BCUT2D eigenvalue weighted by Gasteiger charge is 2.11. The van der Waals surface area contributed by atoms with Crippen molar-refractivity contribution in [3.63, 3.8) is 0 Å². The van der Waals surface area contributed by atoms with Gasteiger partial charge in [0, 0.05) is 21.6 Å². The number of carbonyl (C=O) groups is 2. The number of rotatable bonds is 3. The summed E-state index contributed by atoms with van der Waals surface area (Å²) in [5.41, 5.74) is 2.19. The van der Waals surface area contributed by atoms with Gasteiger partial charge < -0.3 is 5.32 Å². The normalized spacial score (nSPS) is 13.0. The van der Waals surface area contributed by atoms with Crippen LogP contribution in [0.2, 0.25) is 0 Å². The highest BCUT2D eigenvalue weighted by molar-refractivity contribution is 9.10. The quantitative estimate of drug-likeness (QED) is 0.813. The molecule has 2 aromatic rings. The van der Waals surface area contributed by atoms with Gasteiger partial charge in [-0.1, -0.05) is 58.4 Å². The van der Waals surface area contributed by atoms with Gasteiger partial charge in [0.25, 0.3) is 5.91 Å². The lowest BCUT2D eigenvalue weighted by molar-refractivity contribution is 0.0967. The molecule has 1 aliphatic rings. The molecule has 2 aromatic carbocycles. The molecule has 2 N–H and O–H groups in total. The van der Waals surface area contributed by atoms with E-state index in [1.54, 1.807) is 18.2 Å². The topological polar surface area (TPSA) is 58.2 Å². The van der Waals surface area contributed by atoms with Gasteiger partial charge in [-0.25, -0.2) is 4.79 Å². The van der Waals surface area contributed by atoms with Crippen molar-refractivity contribution in [3.05, 3.63) is 88.4 Å². The molecule has 0 fully saturated rings. The molecule has 5 heteroatoms. The maximum atomic E-state index is 12.0. The number of nitrogens with one attached hydrogen (secondary N) is 2. The molecule has 0 saturated carbocycles. The van der Waals surface area contributed by atoms with Crippen LogP contribution >= 0.6 is 15.9 Å². The molecule has 24 heavy (non-hydrogen) atoms. The Morgan fingerprint density at radius 3 is 2.33 bits per heavy atom. The van der Waals surface area contributed by atoms with E-state index < -0.39 is 11.9 Å². The van der Waals surface area contributed by atoms with Crippen LogP contribution in [-0.4, -0.2) is 11.9 Å². The first-order valence-corrected chi connectivity index (χ1v) is 8.24. The number of carbonyl (C=O) groups excluding carboxylic acids is 2. The number of hydrogen-bond donors (Lipinski definition) is 2. The number of anilines is 1. The summed E-state index contributed by atoms with van der Waals surface area (Å²) >= 11 is 3.29. The van der Waals surface area contributed by atoms with E-state index in [2.05, 4.69) is 38.7 Å². The smallest absolute Gasteiger partial charge is 0.308 e. The van der Waals surface area contributed by atoms with Crippen LogP contribution in [0.4, 0.5) is 10.5 Å². The third-order valence-corrected chi connectivity index (χ3v) is 4.11. The summed E-state index contributed by atoms with van der Waals surface area (Å²) in [6.45, 7) is 0. The number of amides is 3. The summed E-state index contributed by atoms with van der Waals surface area (Å²) in [4.78, 5) is 24.0. The Hall–Kier alpha value is -2.66. The van der Waals surface area contributed by atoms with Gasteiger partial charge in [-0.05, 0) is 35.9 Å². The summed E-state index contributed by atoms with van der Waals surface area (Å²) in [7, 11) is 0. The van der Waals surface area contributed by atoms with E-state index in [0.717, 1.165) is 10.0 Å². The lowest BCUT2D eigenvalue weighted by Crippen LogP contribution is -2.34. The van der Waals surface area contributed by atoms with Crippen molar-refractivity contribution in [2.24, 2.45) is 0 Å². The highest BCUT2D eigenvalue weighted by Crippen LogP contribution is 2.24. The molecule has 3 amide bonds. The lowest BCUT2D eigenvalue weighted by atomic mass is 10.0. The van der Waals surface area contributed by atoms with E-state index in [-0.39, 0.29) is 5.92 Å². The SMILES string of the molecule is O=C(NC(=O)c1cccc(Br)c1)Nc1ccc(C2C=CC=C2)cc1. The van der Waals surface area contributed by atoms with E-state index >= 15 is 0 Å². The largest absolute Gasteiger partial charge is 0.326 e. The Bertz CT molecular complexity index is 814. The van der Waals surface area contributed by atoms with E-state index in [1.165, 1.54) is 0 Å².